The smallest absolute Gasteiger partial charge is 0.267 e. The highest BCUT2D eigenvalue weighted by atomic mass is 32.1. The standard InChI is InChI=1S/C13H21N5O2S/c1-4-17(3)13-16-11(14)10(21-13)12(20)18-6-5-9(7-18)15-8(2)19/h9H,4-7,14H2,1-3H3,(H,15,19). The van der Waals surface area contributed by atoms with Gasteiger partial charge >= 0.3 is 0 Å². The molecule has 1 aliphatic rings. The Morgan fingerprint density at radius 1 is 1.57 bits per heavy atom. The highest BCUT2D eigenvalue weighted by Crippen LogP contribution is 2.29. The van der Waals surface area contributed by atoms with Gasteiger partial charge in [-0.15, -0.1) is 0 Å². The fourth-order valence-corrected chi connectivity index (χ4v) is 3.24. The summed E-state index contributed by atoms with van der Waals surface area (Å²) < 4.78 is 0. The number of thiazole rings is 1. The van der Waals surface area contributed by atoms with Gasteiger partial charge < -0.3 is 20.9 Å². The van der Waals surface area contributed by atoms with Crippen LogP contribution in [0.4, 0.5) is 10.9 Å². The van der Waals surface area contributed by atoms with Crippen molar-refractivity contribution in [1.29, 1.82) is 0 Å². The van der Waals surface area contributed by atoms with Gasteiger partial charge in [-0.2, -0.15) is 0 Å². The molecule has 1 atom stereocenters. The Morgan fingerprint density at radius 3 is 2.90 bits per heavy atom. The third-order valence-corrected chi connectivity index (χ3v) is 4.69. The van der Waals surface area contributed by atoms with E-state index in [4.69, 9.17) is 5.73 Å². The molecule has 1 aromatic rings. The van der Waals surface area contributed by atoms with Gasteiger partial charge in [0.15, 0.2) is 5.13 Å². The summed E-state index contributed by atoms with van der Waals surface area (Å²) >= 11 is 1.31. The molecule has 116 valence electrons. The SMILES string of the molecule is CCN(C)c1nc(N)c(C(=O)N2CCC(NC(C)=O)C2)s1. The molecule has 0 radical (unpaired) electrons. The molecule has 0 bridgehead atoms. The van der Waals surface area contributed by atoms with E-state index in [1.54, 1.807) is 4.90 Å². The molecule has 2 rings (SSSR count). The number of anilines is 2. The second-order valence-electron chi connectivity index (χ2n) is 5.16. The Labute approximate surface area is 128 Å². The van der Waals surface area contributed by atoms with Crippen LogP contribution in [0, 0.1) is 0 Å². The van der Waals surface area contributed by atoms with Crippen LogP contribution in [0.25, 0.3) is 0 Å². The summed E-state index contributed by atoms with van der Waals surface area (Å²) in [6.45, 7) is 5.44. The third kappa shape index (κ3) is 3.44. The van der Waals surface area contributed by atoms with E-state index >= 15 is 0 Å². The van der Waals surface area contributed by atoms with Crippen molar-refractivity contribution >= 4 is 34.1 Å². The molecule has 1 fully saturated rings. The van der Waals surface area contributed by atoms with Crippen molar-refractivity contribution in [3.8, 4) is 0 Å². The number of carbonyl (C=O) groups is 2. The molecule has 1 saturated heterocycles. The summed E-state index contributed by atoms with van der Waals surface area (Å²) in [5, 5.41) is 3.59. The molecule has 0 aromatic carbocycles. The summed E-state index contributed by atoms with van der Waals surface area (Å²) in [5.74, 6) is 0.107. The van der Waals surface area contributed by atoms with E-state index in [1.165, 1.54) is 18.3 Å². The second kappa shape index (κ2) is 6.30. The lowest BCUT2D eigenvalue weighted by Gasteiger charge is -2.16. The van der Waals surface area contributed by atoms with Crippen LogP contribution in [-0.2, 0) is 4.79 Å². The highest BCUT2D eigenvalue weighted by molar-refractivity contribution is 7.18. The fraction of sp³-hybridized carbons (Fsp3) is 0.615. The normalized spacial score (nSPS) is 17.9. The predicted molar refractivity (Wildman–Crippen MR) is 83.6 cm³/mol. The molecule has 0 aliphatic carbocycles. The zero-order valence-corrected chi connectivity index (χ0v) is 13.4. The molecule has 3 N–H and O–H groups in total. The van der Waals surface area contributed by atoms with Crippen molar-refractivity contribution in [2.75, 3.05) is 37.3 Å². The Morgan fingerprint density at radius 2 is 2.29 bits per heavy atom. The topological polar surface area (TPSA) is 91.6 Å². The molecular formula is C13H21N5O2S. The first-order valence-electron chi connectivity index (χ1n) is 6.96. The van der Waals surface area contributed by atoms with Crippen LogP contribution in [0.3, 0.4) is 0 Å². The lowest BCUT2D eigenvalue weighted by molar-refractivity contribution is -0.119. The van der Waals surface area contributed by atoms with Gasteiger partial charge in [-0.05, 0) is 13.3 Å². The lowest BCUT2D eigenvalue weighted by atomic mass is 10.2. The molecule has 1 unspecified atom stereocenters. The quantitative estimate of drug-likeness (QED) is 0.846. The van der Waals surface area contributed by atoms with Crippen LogP contribution in [-0.4, -0.2) is 54.4 Å². The van der Waals surface area contributed by atoms with Gasteiger partial charge in [0.25, 0.3) is 5.91 Å². The summed E-state index contributed by atoms with van der Waals surface area (Å²) in [6.07, 6.45) is 0.770. The van der Waals surface area contributed by atoms with E-state index in [0.29, 0.717) is 18.0 Å². The molecule has 2 amide bonds. The summed E-state index contributed by atoms with van der Waals surface area (Å²) in [7, 11) is 1.91. The minimum Gasteiger partial charge on any atom is -0.382 e. The molecule has 2 heterocycles. The molecule has 1 aliphatic heterocycles. The maximum Gasteiger partial charge on any atom is 0.267 e. The molecule has 8 heteroatoms. The Hall–Kier alpha value is -1.83. The molecule has 1 aromatic heterocycles. The minimum absolute atomic E-state index is 0.0263. The largest absolute Gasteiger partial charge is 0.382 e. The van der Waals surface area contributed by atoms with Crippen molar-refractivity contribution in [1.82, 2.24) is 15.2 Å². The Kier molecular flexibility index (Phi) is 4.66. The molecule has 21 heavy (non-hydrogen) atoms. The van der Waals surface area contributed by atoms with E-state index < -0.39 is 0 Å². The monoisotopic (exact) mass is 311 g/mol. The van der Waals surface area contributed by atoms with Crippen molar-refractivity contribution < 1.29 is 9.59 Å². The van der Waals surface area contributed by atoms with Gasteiger partial charge in [-0.25, -0.2) is 4.98 Å². The van der Waals surface area contributed by atoms with Crippen molar-refractivity contribution in [3.05, 3.63) is 4.88 Å². The molecule has 7 nitrogen and oxygen atoms in total. The Balaban J connectivity index is 2.07. The number of amides is 2. The lowest BCUT2D eigenvalue weighted by Crippen LogP contribution is -2.37. The van der Waals surface area contributed by atoms with Crippen LogP contribution in [0.2, 0.25) is 0 Å². The average molecular weight is 311 g/mol. The minimum atomic E-state index is -0.103. The third-order valence-electron chi connectivity index (χ3n) is 3.52. The van der Waals surface area contributed by atoms with E-state index in [2.05, 4.69) is 10.3 Å². The summed E-state index contributed by atoms with van der Waals surface area (Å²) in [5.41, 5.74) is 5.87. The van der Waals surface area contributed by atoms with Crippen LogP contribution < -0.4 is 16.0 Å². The number of likely N-dealkylation sites (tertiary alicyclic amines) is 1. The van der Waals surface area contributed by atoms with E-state index in [0.717, 1.165) is 18.1 Å². The number of rotatable bonds is 4. The number of carbonyl (C=O) groups excluding carboxylic acids is 2. The van der Waals surface area contributed by atoms with E-state index in [1.807, 2.05) is 18.9 Å². The number of nitrogens with two attached hydrogens (primary N) is 1. The van der Waals surface area contributed by atoms with Crippen LogP contribution in [0.5, 0.6) is 0 Å². The number of hydrogen-bond donors (Lipinski definition) is 2. The van der Waals surface area contributed by atoms with Gasteiger partial charge in [0.05, 0.1) is 0 Å². The first kappa shape index (κ1) is 15.6. The summed E-state index contributed by atoms with van der Waals surface area (Å²) in [4.78, 5) is 32.0. The van der Waals surface area contributed by atoms with Gasteiger partial charge in [0, 0.05) is 39.6 Å². The summed E-state index contributed by atoms with van der Waals surface area (Å²) in [6, 6.07) is 0.0263. The second-order valence-corrected chi connectivity index (χ2v) is 6.14. The van der Waals surface area contributed by atoms with E-state index in [-0.39, 0.29) is 23.7 Å². The van der Waals surface area contributed by atoms with Crippen molar-refractivity contribution in [2.24, 2.45) is 0 Å². The van der Waals surface area contributed by atoms with E-state index in [9.17, 15) is 9.59 Å². The zero-order chi connectivity index (χ0) is 15.6. The molecular weight excluding hydrogens is 290 g/mol. The first-order valence-corrected chi connectivity index (χ1v) is 7.77. The van der Waals surface area contributed by atoms with Gasteiger partial charge in [0.1, 0.15) is 10.7 Å². The average Bonchev–Trinajstić information content (AvgIpc) is 3.03. The number of nitrogens with one attached hydrogen (secondary N) is 1. The zero-order valence-electron chi connectivity index (χ0n) is 12.5. The molecule has 0 spiro atoms. The van der Waals surface area contributed by atoms with Gasteiger partial charge in [-0.1, -0.05) is 11.3 Å². The van der Waals surface area contributed by atoms with Crippen molar-refractivity contribution in [2.45, 2.75) is 26.3 Å². The molecule has 0 saturated carbocycles. The Bertz CT molecular complexity index is 545. The van der Waals surface area contributed by atoms with Crippen LogP contribution in [0.1, 0.15) is 29.9 Å². The highest BCUT2D eigenvalue weighted by Gasteiger charge is 2.30. The van der Waals surface area contributed by atoms with Crippen molar-refractivity contribution in [3.63, 3.8) is 0 Å². The van der Waals surface area contributed by atoms with Gasteiger partial charge in [-0.3, -0.25) is 9.59 Å². The maximum absolute atomic E-state index is 12.5. The fourth-order valence-electron chi connectivity index (χ4n) is 2.27. The van der Waals surface area contributed by atoms with Crippen LogP contribution in [0.15, 0.2) is 0 Å². The predicted octanol–water partition coefficient (Wildman–Crippen LogP) is 0.532. The first-order chi connectivity index (χ1) is 9.92. The number of nitrogens with zero attached hydrogens (tertiary/aromatic N) is 3. The van der Waals surface area contributed by atoms with Gasteiger partial charge in [0.2, 0.25) is 5.91 Å². The number of nitrogen functional groups attached to an aromatic ring is 1. The number of hydrogen-bond acceptors (Lipinski definition) is 6. The maximum atomic E-state index is 12.5. The van der Waals surface area contributed by atoms with Crippen LogP contribution >= 0.6 is 11.3 Å². The number of aromatic nitrogens is 1.